The molecule has 1 aromatic heterocycles. The minimum Gasteiger partial charge on any atom is -0.481 e. The van der Waals surface area contributed by atoms with Gasteiger partial charge in [-0.1, -0.05) is 59.6 Å². The fourth-order valence-corrected chi connectivity index (χ4v) is 4.55. The molecule has 202 valence electrons. The van der Waals surface area contributed by atoms with Crippen LogP contribution in [0.2, 0.25) is 10.3 Å². The number of carboxylic acids is 1. The van der Waals surface area contributed by atoms with Gasteiger partial charge in [-0.15, -0.1) is 0 Å². The lowest BCUT2D eigenvalue weighted by molar-refractivity contribution is -0.252. The Kier molecular flexibility index (Phi) is 9.76. The molecule has 11 heteroatoms. The first-order chi connectivity index (χ1) is 18.3. The summed E-state index contributed by atoms with van der Waals surface area (Å²) in [7, 11) is 0. The number of aliphatic carboxylic acids is 1. The summed E-state index contributed by atoms with van der Waals surface area (Å²) in [5.41, 5.74) is 3.18. The molecule has 4 rings (SSSR count). The molecule has 0 aliphatic carbocycles. The summed E-state index contributed by atoms with van der Waals surface area (Å²) >= 11 is 12.3. The fourth-order valence-electron chi connectivity index (χ4n) is 4.23. The second-order valence-electron chi connectivity index (χ2n) is 9.10. The van der Waals surface area contributed by atoms with Crippen molar-refractivity contribution < 1.29 is 29.3 Å². The molecule has 3 unspecified atom stereocenters. The molecule has 38 heavy (non-hydrogen) atoms. The molecule has 2 aromatic carbocycles. The molecule has 3 N–H and O–H groups in total. The molecule has 1 amide bonds. The van der Waals surface area contributed by atoms with Crippen LogP contribution in [0, 0.1) is 0 Å². The predicted molar refractivity (Wildman–Crippen MR) is 142 cm³/mol. The Morgan fingerprint density at radius 2 is 1.68 bits per heavy atom. The number of anilines is 1. The van der Waals surface area contributed by atoms with Gasteiger partial charge in [-0.25, -0.2) is 4.98 Å². The highest BCUT2D eigenvalue weighted by Crippen LogP contribution is 2.39. The average molecular weight is 562 g/mol. The van der Waals surface area contributed by atoms with Crippen molar-refractivity contribution in [2.75, 3.05) is 5.32 Å². The van der Waals surface area contributed by atoms with E-state index in [0.717, 1.165) is 16.7 Å². The third-order valence-electron chi connectivity index (χ3n) is 6.26. The molecular weight excluding hydrogens is 533 g/mol. The van der Waals surface area contributed by atoms with Crippen LogP contribution >= 0.6 is 23.2 Å². The van der Waals surface area contributed by atoms with Crippen molar-refractivity contribution in [1.29, 1.82) is 0 Å². The standard InChI is InChI=1S/C27H29Cl2N3O6/c28-25-26(29)32(16-30-25)14-21-13-22(18-7-5-17(15-33)6-8-18)38-27(37-21)19-9-11-20(12-10-19)31-23(34)3-1-2-4-24(35)36/h5-12,16,21-22,27,33H,1-4,13-15H2,(H,31,34)(H,35,36). The maximum atomic E-state index is 12.2. The largest absolute Gasteiger partial charge is 0.481 e. The molecule has 1 aliphatic rings. The van der Waals surface area contributed by atoms with Gasteiger partial charge >= 0.3 is 5.97 Å². The number of unbranched alkanes of at least 4 members (excludes halogenated alkanes) is 1. The lowest BCUT2D eigenvalue weighted by atomic mass is 10.00. The zero-order valence-corrected chi connectivity index (χ0v) is 22.1. The van der Waals surface area contributed by atoms with E-state index in [-0.39, 0.29) is 42.7 Å². The molecule has 2 heterocycles. The van der Waals surface area contributed by atoms with Crippen molar-refractivity contribution in [3.8, 4) is 0 Å². The summed E-state index contributed by atoms with van der Waals surface area (Å²) in [5.74, 6) is -1.03. The number of hydrogen-bond acceptors (Lipinski definition) is 6. The topological polar surface area (TPSA) is 123 Å². The van der Waals surface area contributed by atoms with Gasteiger partial charge in [-0.3, -0.25) is 9.59 Å². The molecule has 3 atom stereocenters. The maximum Gasteiger partial charge on any atom is 0.303 e. The van der Waals surface area contributed by atoms with Crippen LogP contribution in [0.4, 0.5) is 5.69 Å². The monoisotopic (exact) mass is 561 g/mol. The van der Waals surface area contributed by atoms with E-state index in [1.54, 1.807) is 23.0 Å². The maximum absolute atomic E-state index is 12.2. The molecule has 1 saturated heterocycles. The number of aliphatic hydroxyl groups is 1. The highest BCUT2D eigenvalue weighted by molar-refractivity contribution is 6.40. The minimum absolute atomic E-state index is 0.0364. The number of carbonyl (C=O) groups excluding carboxylic acids is 1. The van der Waals surface area contributed by atoms with Crippen LogP contribution in [0.3, 0.4) is 0 Å². The van der Waals surface area contributed by atoms with Crippen LogP contribution < -0.4 is 5.32 Å². The van der Waals surface area contributed by atoms with Gasteiger partial charge in [0.1, 0.15) is 5.15 Å². The Balaban J connectivity index is 1.45. The Morgan fingerprint density at radius 1 is 1.00 bits per heavy atom. The number of nitrogens with zero attached hydrogens (tertiary/aromatic N) is 2. The quantitative estimate of drug-likeness (QED) is 0.263. The molecular formula is C27H29Cl2N3O6. The number of aromatic nitrogens is 2. The van der Waals surface area contributed by atoms with E-state index in [4.69, 9.17) is 37.8 Å². The second-order valence-corrected chi connectivity index (χ2v) is 9.82. The lowest BCUT2D eigenvalue weighted by Crippen LogP contribution is -2.32. The summed E-state index contributed by atoms with van der Waals surface area (Å²) in [6.45, 7) is 0.394. The molecule has 0 bridgehead atoms. The third-order valence-corrected chi connectivity index (χ3v) is 7.03. The summed E-state index contributed by atoms with van der Waals surface area (Å²) < 4.78 is 14.4. The SMILES string of the molecule is O=C(O)CCCCC(=O)Nc1ccc(C2OC(Cn3cnc(Cl)c3Cl)CC(c3ccc(CO)cc3)O2)cc1. The van der Waals surface area contributed by atoms with Crippen LogP contribution in [0.25, 0.3) is 0 Å². The summed E-state index contributed by atoms with van der Waals surface area (Å²) in [4.78, 5) is 26.8. The van der Waals surface area contributed by atoms with Gasteiger partial charge in [-0.2, -0.15) is 0 Å². The van der Waals surface area contributed by atoms with Crippen molar-refractivity contribution >= 4 is 40.8 Å². The smallest absolute Gasteiger partial charge is 0.303 e. The Morgan fingerprint density at radius 3 is 2.32 bits per heavy atom. The summed E-state index contributed by atoms with van der Waals surface area (Å²) in [6, 6.07) is 14.8. The van der Waals surface area contributed by atoms with Crippen LogP contribution in [0.1, 0.15) is 61.2 Å². The van der Waals surface area contributed by atoms with Gasteiger partial charge in [0.2, 0.25) is 5.91 Å². The number of aliphatic hydroxyl groups excluding tert-OH is 1. The predicted octanol–water partition coefficient (Wildman–Crippen LogP) is 5.51. The average Bonchev–Trinajstić information content (AvgIpc) is 3.23. The van der Waals surface area contributed by atoms with Gasteiger partial charge < -0.3 is 29.6 Å². The Labute approximate surface area is 230 Å². The summed E-state index contributed by atoms with van der Waals surface area (Å²) in [5, 5.41) is 21.5. The molecule has 1 fully saturated rings. The molecule has 1 aliphatic heterocycles. The number of carbonyl (C=O) groups is 2. The molecule has 3 aromatic rings. The molecule has 0 radical (unpaired) electrons. The van der Waals surface area contributed by atoms with Crippen molar-refractivity contribution in [3.63, 3.8) is 0 Å². The van der Waals surface area contributed by atoms with E-state index in [1.165, 1.54) is 0 Å². The Bertz CT molecular complexity index is 1230. The zero-order chi connectivity index (χ0) is 27.1. The van der Waals surface area contributed by atoms with E-state index >= 15 is 0 Å². The number of benzene rings is 2. The minimum atomic E-state index is -0.864. The highest BCUT2D eigenvalue weighted by atomic mass is 35.5. The molecule has 9 nitrogen and oxygen atoms in total. The Hall–Kier alpha value is -2.95. The number of amides is 1. The first-order valence-electron chi connectivity index (χ1n) is 12.3. The normalized spacial score (nSPS) is 19.3. The number of hydrogen-bond donors (Lipinski definition) is 3. The van der Waals surface area contributed by atoms with Crippen LogP contribution in [0.5, 0.6) is 0 Å². The van der Waals surface area contributed by atoms with Gasteiger partial charge in [0.15, 0.2) is 11.4 Å². The van der Waals surface area contributed by atoms with Crippen molar-refractivity contribution in [2.45, 2.75) is 63.8 Å². The number of rotatable bonds is 11. The molecule has 0 saturated carbocycles. The van der Waals surface area contributed by atoms with Crippen LogP contribution in [-0.4, -0.2) is 37.7 Å². The number of nitrogens with one attached hydrogen (secondary N) is 1. The first-order valence-corrected chi connectivity index (χ1v) is 13.1. The van der Waals surface area contributed by atoms with E-state index in [1.807, 2.05) is 36.4 Å². The second kappa shape index (κ2) is 13.2. The molecule has 0 spiro atoms. The third kappa shape index (κ3) is 7.55. The number of halogens is 2. The van der Waals surface area contributed by atoms with Crippen LogP contribution in [0.15, 0.2) is 54.9 Å². The van der Waals surface area contributed by atoms with Crippen molar-refractivity contribution in [2.24, 2.45) is 0 Å². The van der Waals surface area contributed by atoms with E-state index in [9.17, 15) is 14.7 Å². The van der Waals surface area contributed by atoms with Gasteiger partial charge in [0.05, 0.1) is 31.7 Å². The van der Waals surface area contributed by atoms with E-state index in [0.29, 0.717) is 36.6 Å². The van der Waals surface area contributed by atoms with E-state index < -0.39 is 12.3 Å². The lowest BCUT2D eigenvalue weighted by Gasteiger charge is -2.36. The highest BCUT2D eigenvalue weighted by Gasteiger charge is 2.33. The zero-order valence-electron chi connectivity index (χ0n) is 20.6. The van der Waals surface area contributed by atoms with Gasteiger partial charge in [0.25, 0.3) is 0 Å². The van der Waals surface area contributed by atoms with Crippen LogP contribution in [-0.2, 0) is 32.2 Å². The summed E-state index contributed by atoms with van der Waals surface area (Å²) in [6.07, 6.45) is 2.21. The first kappa shape index (κ1) is 28.1. The number of ether oxygens (including phenoxy) is 2. The van der Waals surface area contributed by atoms with Crippen molar-refractivity contribution in [1.82, 2.24) is 9.55 Å². The van der Waals surface area contributed by atoms with E-state index in [2.05, 4.69) is 10.3 Å². The van der Waals surface area contributed by atoms with Gasteiger partial charge in [-0.05, 0) is 36.1 Å². The fraction of sp³-hybridized carbons (Fsp3) is 0.370. The number of imidazole rings is 1. The van der Waals surface area contributed by atoms with Gasteiger partial charge in [0, 0.05) is 30.5 Å². The van der Waals surface area contributed by atoms with Crippen molar-refractivity contribution in [3.05, 3.63) is 81.9 Å². The number of carboxylic acid groups (broad SMARTS) is 1.